The molecule has 1 saturated carbocycles. The highest BCUT2D eigenvalue weighted by molar-refractivity contribution is 5.97. The Hall–Kier alpha value is -2.62. The van der Waals surface area contributed by atoms with Crippen LogP contribution < -0.4 is 10.6 Å². The van der Waals surface area contributed by atoms with E-state index >= 15 is 0 Å². The van der Waals surface area contributed by atoms with E-state index in [1.54, 1.807) is 12.1 Å². The quantitative estimate of drug-likeness (QED) is 0.839. The lowest BCUT2D eigenvalue weighted by Gasteiger charge is -2.35. The molecule has 0 heterocycles. The Morgan fingerprint density at radius 2 is 1.56 bits per heavy atom. The van der Waals surface area contributed by atoms with E-state index in [0.29, 0.717) is 17.4 Å². The van der Waals surface area contributed by atoms with E-state index in [4.69, 9.17) is 0 Å². The van der Waals surface area contributed by atoms with Gasteiger partial charge in [-0.3, -0.25) is 9.59 Å². The van der Waals surface area contributed by atoms with E-state index in [9.17, 15) is 9.59 Å². The smallest absolute Gasteiger partial charge is 0.252 e. The Balaban J connectivity index is 1.77. The average molecular weight is 364 g/mol. The molecule has 0 aliphatic heterocycles. The van der Waals surface area contributed by atoms with Gasteiger partial charge in [-0.15, -0.1) is 0 Å². The van der Waals surface area contributed by atoms with Crippen LogP contribution in [0.1, 0.15) is 55.1 Å². The number of rotatable bonds is 5. The summed E-state index contributed by atoms with van der Waals surface area (Å²) < 4.78 is 0. The van der Waals surface area contributed by atoms with Gasteiger partial charge < -0.3 is 10.6 Å². The van der Waals surface area contributed by atoms with Crippen molar-refractivity contribution in [2.24, 2.45) is 11.8 Å². The van der Waals surface area contributed by atoms with Crippen LogP contribution in [0, 0.1) is 11.8 Å². The van der Waals surface area contributed by atoms with Crippen molar-refractivity contribution in [3.63, 3.8) is 0 Å². The molecule has 0 saturated heterocycles. The number of benzene rings is 2. The van der Waals surface area contributed by atoms with Gasteiger partial charge in [0.05, 0.1) is 0 Å². The molecule has 142 valence electrons. The second-order valence-electron chi connectivity index (χ2n) is 7.57. The van der Waals surface area contributed by atoms with Crippen LogP contribution in [0.25, 0.3) is 0 Å². The maximum Gasteiger partial charge on any atom is 0.252 e. The molecule has 1 aliphatic rings. The number of amides is 2. The Morgan fingerprint density at radius 1 is 0.926 bits per heavy atom. The van der Waals surface area contributed by atoms with Crippen molar-refractivity contribution >= 4 is 11.8 Å². The molecule has 3 rings (SSSR count). The molecule has 0 radical (unpaired) electrons. The van der Waals surface area contributed by atoms with Gasteiger partial charge >= 0.3 is 0 Å². The van der Waals surface area contributed by atoms with E-state index in [-0.39, 0.29) is 17.9 Å². The van der Waals surface area contributed by atoms with E-state index < -0.39 is 6.04 Å². The van der Waals surface area contributed by atoms with Crippen LogP contribution in [0.4, 0.5) is 0 Å². The van der Waals surface area contributed by atoms with Gasteiger partial charge in [0.25, 0.3) is 5.91 Å². The fourth-order valence-electron chi connectivity index (χ4n) is 3.80. The van der Waals surface area contributed by atoms with E-state index in [0.717, 1.165) is 18.4 Å². The standard InChI is InChI=1S/C23H28N2O2/c1-16-10-9-15-20(17(16)2)24-23(27)21(18-11-5-3-6-12-18)25-22(26)19-13-7-4-8-14-19/h3-8,11-14,16-17,20-21H,9-10,15H2,1-2H3,(H,24,27)(H,25,26). The Kier molecular flexibility index (Phi) is 6.28. The fraction of sp³-hybridized carbons (Fsp3) is 0.391. The zero-order valence-corrected chi connectivity index (χ0v) is 16.0. The minimum atomic E-state index is -0.705. The van der Waals surface area contributed by atoms with Gasteiger partial charge in [-0.25, -0.2) is 0 Å². The Morgan fingerprint density at radius 3 is 2.22 bits per heavy atom. The molecule has 4 heteroatoms. The molecule has 4 atom stereocenters. The molecular formula is C23H28N2O2. The first-order chi connectivity index (χ1) is 13.1. The summed E-state index contributed by atoms with van der Waals surface area (Å²) in [5.74, 6) is 0.642. The summed E-state index contributed by atoms with van der Waals surface area (Å²) in [4.78, 5) is 25.8. The number of hydrogen-bond acceptors (Lipinski definition) is 2. The van der Waals surface area contributed by atoms with Gasteiger partial charge in [-0.1, -0.05) is 75.2 Å². The van der Waals surface area contributed by atoms with Crippen molar-refractivity contribution in [2.75, 3.05) is 0 Å². The molecule has 4 nitrogen and oxygen atoms in total. The van der Waals surface area contributed by atoms with Gasteiger partial charge in [0, 0.05) is 11.6 Å². The Bertz CT molecular complexity index is 760. The van der Waals surface area contributed by atoms with Crippen molar-refractivity contribution in [1.29, 1.82) is 0 Å². The number of carbonyl (C=O) groups excluding carboxylic acids is 2. The topological polar surface area (TPSA) is 58.2 Å². The van der Waals surface area contributed by atoms with Crippen molar-refractivity contribution < 1.29 is 9.59 Å². The lowest BCUT2D eigenvalue weighted by Crippen LogP contribution is -2.48. The monoisotopic (exact) mass is 364 g/mol. The third-order valence-electron chi connectivity index (χ3n) is 5.74. The average Bonchev–Trinajstić information content (AvgIpc) is 2.70. The number of nitrogens with one attached hydrogen (secondary N) is 2. The minimum Gasteiger partial charge on any atom is -0.351 e. The Labute approximate surface area is 161 Å². The highest BCUT2D eigenvalue weighted by atomic mass is 16.2. The summed E-state index contributed by atoms with van der Waals surface area (Å²) >= 11 is 0. The SMILES string of the molecule is CC1CCCC(NC(=O)C(NC(=O)c2ccccc2)c2ccccc2)C1C. The van der Waals surface area contributed by atoms with Crippen LogP contribution in [0.3, 0.4) is 0 Å². The van der Waals surface area contributed by atoms with Crippen LogP contribution in [0.15, 0.2) is 60.7 Å². The van der Waals surface area contributed by atoms with Crippen LogP contribution in [0.2, 0.25) is 0 Å². The maximum absolute atomic E-state index is 13.1. The molecule has 0 bridgehead atoms. The first kappa shape index (κ1) is 19.2. The molecule has 1 fully saturated rings. The summed E-state index contributed by atoms with van der Waals surface area (Å²) in [5, 5.41) is 6.11. The third kappa shape index (κ3) is 4.76. The van der Waals surface area contributed by atoms with Crippen molar-refractivity contribution in [3.05, 3.63) is 71.8 Å². The zero-order chi connectivity index (χ0) is 19.2. The van der Waals surface area contributed by atoms with Crippen molar-refractivity contribution in [1.82, 2.24) is 10.6 Å². The highest BCUT2D eigenvalue weighted by Crippen LogP contribution is 2.30. The van der Waals surface area contributed by atoms with E-state index in [1.807, 2.05) is 48.5 Å². The first-order valence-corrected chi connectivity index (χ1v) is 9.77. The maximum atomic E-state index is 13.1. The molecule has 2 amide bonds. The second kappa shape index (κ2) is 8.85. The molecular weight excluding hydrogens is 336 g/mol. The molecule has 0 spiro atoms. The van der Waals surface area contributed by atoms with Gasteiger partial charge in [-0.2, -0.15) is 0 Å². The van der Waals surface area contributed by atoms with Crippen molar-refractivity contribution in [2.45, 2.75) is 45.2 Å². The molecule has 4 unspecified atom stereocenters. The normalized spacial score (nSPS) is 23.3. The molecule has 2 aromatic carbocycles. The lowest BCUT2D eigenvalue weighted by molar-refractivity contribution is -0.124. The number of hydrogen-bond donors (Lipinski definition) is 2. The van der Waals surface area contributed by atoms with Crippen molar-refractivity contribution in [3.8, 4) is 0 Å². The number of carbonyl (C=O) groups is 2. The zero-order valence-electron chi connectivity index (χ0n) is 16.0. The summed E-state index contributed by atoms with van der Waals surface area (Å²) in [7, 11) is 0. The van der Waals surface area contributed by atoms with Crippen LogP contribution in [0.5, 0.6) is 0 Å². The van der Waals surface area contributed by atoms with Gasteiger partial charge in [0.1, 0.15) is 6.04 Å². The van der Waals surface area contributed by atoms with Gasteiger partial charge in [0.15, 0.2) is 0 Å². The lowest BCUT2D eigenvalue weighted by atomic mass is 9.78. The first-order valence-electron chi connectivity index (χ1n) is 9.77. The predicted octanol–water partition coefficient (Wildman–Crippen LogP) is 4.10. The second-order valence-corrected chi connectivity index (χ2v) is 7.57. The molecule has 1 aliphatic carbocycles. The third-order valence-corrected chi connectivity index (χ3v) is 5.74. The minimum absolute atomic E-state index is 0.142. The van der Waals surface area contributed by atoms with Crippen LogP contribution >= 0.6 is 0 Å². The molecule has 2 aromatic rings. The van der Waals surface area contributed by atoms with E-state index in [1.165, 1.54) is 6.42 Å². The van der Waals surface area contributed by atoms with Gasteiger partial charge in [0.2, 0.25) is 5.91 Å². The fourth-order valence-corrected chi connectivity index (χ4v) is 3.80. The summed E-state index contributed by atoms with van der Waals surface area (Å²) in [6.45, 7) is 4.45. The summed E-state index contributed by atoms with van der Waals surface area (Å²) in [6, 6.07) is 17.9. The molecule has 0 aromatic heterocycles. The van der Waals surface area contributed by atoms with Gasteiger partial charge in [-0.05, 0) is 36.0 Å². The molecule has 2 N–H and O–H groups in total. The largest absolute Gasteiger partial charge is 0.351 e. The predicted molar refractivity (Wildman–Crippen MR) is 107 cm³/mol. The van der Waals surface area contributed by atoms with Crippen LogP contribution in [-0.4, -0.2) is 17.9 Å². The highest BCUT2D eigenvalue weighted by Gasteiger charge is 2.31. The molecule has 27 heavy (non-hydrogen) atoms. The van der Waals surface area contributed by atoms with E-state index in [2.05, 4.69) is 24.5 Å². The summed E-state index contributed by atoms with van der Waals surface area (Å²) in [6.07, 6.45) is 3.33. The van der Waals surface area contributed by atoms with Crippen LogP contribution in [-0.2, 0) is 4.79 Å². The summed E-state index contributed by atoms with van der Waals surface area (Å²) in [5.41, 5.74) is 1.33.